The summed E-state index contributed by atoms with van der Waals surface area (Å²) >= 11 is 0. The lowest BCUT2D eigenvalue weighted by atomic mass is 9.97. The Morgan fingerprint density at radius 3 is 2.57 bits per heavy atom. The molecule has 0 bridgehead atoms. The van der Waals surface area contributed by atoms with Crippen molar-refractivity contribution in [2.75, 3.05) is 6.61 Å². The van der Waals surface area contributed by atoms with Crippen LogP contribution in [0.2, 0.25) is 0 Å². The van der Waals surface area contributed by atoms with Crippen molar-refractivity contribution in [2.24, 2.45) is 5.92 Å². The molecule has 0 fully saturated rings. The SMILES string of the molecule is CCOc1ccccc1C(=O)c1cccc(CC(C)C)c1. The van der Waals surface area contributed by atoms with E-state index in [1.807, 2.05) is 49.4 Å². The highest BCUT2D eigenvalue weighted by Gasteiger charge is 2.14. The molecule has 0 saturated heterocycles. The smallest absolute Gasteiger partial charge is 0.196 e. The summed E-state index contributed by atoms with van der Waals surface area (Å²) in [7, 11) is 0. The van der Waals surface area contributed by atoms with Crippen LogP contribution in [0, 0.1) is 5.92 Å². The van der Waals surface area contributed by atoms with E-state index in [1.54, 1.807) is 0 Å². The van der Waals surface area contributed by atoms with Gasteiger partial charge in [0.1, 0.15) is 5.75 Å². The van der Waals surface area contributed by atoms with Crippen LogP contribution in [-0.4, -0.2) is 12.4 Å². The van der Waals surface area contributed by atoms with Gasteiger partial charge in [-0.1, -0.05) is 44.2 Å². The van der Waals surface area contributed by atoms with Gasteiger partial charge in [0, 0.05) is 5.56 Å². The van der Waals surface area contributed by atoms with Gasteiger partial charge in [0.2, 0.25) is 0 Å². The van der Waals surface area contributed by atoms with E-state index in [2.05, 4.69) is 19.9 Å². The number of benzene rings is 2. The van der Waals surface area contributed by atoms with Crippen LogP contribution < -0.4 is 4.74 Å². The van der Waals surface area contributed by atoms with Crippen LogP contribution in [0.25, 0.3) is 0 Å². The molecular formula is C19H22O2. The summed E-state index contributed by atoms with van der Waals surface area (Å²) in [4.78, 5) is 12.7. The Hall–Kier alpha value is -2.09. The van der Waals surface area contributed by atoms with E-state index in [4.69, 9.17) is 4.74 Å². The van der Waals surface area contributed by atoms with Crippen molar-refractivity contribution >= 4 is 5.78 Å². The van der Waals surface area contributed by atoms with Crippen molar-refractivity contribution < 1.29 is 9.53 Å². The van der Waals surface area contributed by atoms with Gasteiger partial charge in [-0.25, -0.2) is 0 Å². The summed E-state index contributed by atoms with van der Waals surface area (Å²) < 4.78 is 5.55. The number of carbonyl (C=O) groups is 1. The van der Waals surface area contributed by atoms with Crippen molar-refractivity contribution in [3.63, 3.8) is 0 Å². The standard InChI is InChI=1S/C19H22O2/c1-4-21-18-11-6-5-10-17(18)19(20)16-9-7-8-15(13-16)12-14(2)3/h5-11,13-14H,4,12H2,1-3H3. The molecule has 0 spiro atoms. The van der Waals surface area contributed by atoms with Crippen molar-refractivity contribution in [1.29, 1.82) is 0 Å². The lowest BCUT2D eigenvalue weighted by Crippen LogP contribution is -2.06. The molecule has 0 heterocycles. The average molecular weight is 282 g/mol. The fourth-order valence-corrected chi connectivity index (χ4v) is 2.40. The summed E-state index contributed by atoms with van der Waals surface area (Å²) in [5.41, 5.74) is 2.55. The maximum absolute atomic E-state index is 12.7. The van der Waals surface area contributed by atoms with E-state index in [-0.39, 0.29) is 5.78 Å². The minimum absolute atomic E-state index is 0.0182. The van der Waals surface area contributed by atoms with Crippen LogP contribution in [-0.2, 0) is 6.42 Å². The maximum atomic E-state index is 12.7. The minimum Gasteiger partial charge on any atom is -0.493 e. The molecular weight excluding hydrogens is 260 g/mol. The summed E-state index contributed by atoms with van der Waals surface area (Å²) in [5, 5.41) is 0. The monoisotopic (exact) mass is 282 g/mol. The van der Waals surface area contributed by atoms with Gasteiger partial charge < -0.3 is 4.74 Å². The quantitative estimate of drug-likeness (QED) is 0.728. The van der Waals surface area contributed by atoms with Gasteiger partial charge in [0.05, 0.1) is 12.2 Å². The molecule has 0 amide bonds. The van der Waals surface area contributed by atoms with Crippen LogP contribution in [0.4, 0.5) is 0 Å². The molecule has 2 aromatic rings. The van der Waals surface area contributed by atoms with E-state index in [0.717, 1.165) is 12.0 Å². The summed E-state index contributed by atoms with van der Waals surface area (Å²) in [6.45, 7) is 6.83. The van der Waals surface area contributed by atoms with Crippen LogP contribution in [0.5, 0.6) is 5.75 Å². The molecule has 2 nitrogen and oxygen atoms in total. The number of rotatable bonds is 6. The zero-order valence-electron chi connectivity index (χ0n) is 12.9. The van der Waals surface area contributed by atoms with E-state index in [9.17, 15) is 4.79 Å². The first-order chi connectivity index (χ1) is 10.1. The van der Waals surface area contributed by atoms with Crippen molar-refractivity contribution in [1.82, 2.24) is 0 Å². The first kappa shape index (κ1) is 15.3. The summed E-state index contributed by atoms with van der Waals surface area (Å²) in [6.07, 6.45) is 0.980. The first-order valence-electron chi connectivity index (χ1n) is 7.47. The zero-order chi connectivity index (χ0) is 15.2. The molecule has 0 radical (unpaired) electrons. The Bertz CT molecular complexity index is 614. The van der Waals surface area contributed by atoms with E-state index in [1.165, 1.54) is 5.56 Å². The number of ether oxygens (including phenoxy) is 1. The second-order valence-corrected chi connectivity index (χ2v) is 5.56. The molecule has 2 rings (SSSR count). The molecule has 2 heteroatoms. The Morgan fingerprint density at radius 2 is 1.86 bits per heavy atom. The second kappa shape index (κ2) is 7.07. The van der Waals surface area contributed by atoms with Gasteiger partial charge in [-0.05, 0) is 43.0 Å². The van der Waals surface area contributed by atoms with Gasteiger partial charge in [-0.15, -0.1) is 0 Å². The minimum atomic E-state index is 0.0182. The number of hydrogen-bond acceptors (Lipinski definition) is 2. The number of hydrogen-bond donors (Lipinski definition) is 0. The zero-order valence-corrected chi connectivity index (χ0v) is 12.9. The third kappa shape index (κ3) is 3.94. The third-order valence-electron chi connectivity index (χ3n) is 3.26. The molecule has 21 heavy (non-hydrogen) atoms. The highest BCUT2D eigenvalue weighted by Crippen LogP contribution is 2.22. The topological polar surface area (TPSA) is 26.3 Å². The third-order valence-corrected chi connectivity index (χ3v) is 3.26. The molecule has 0 unspecified atom stereocenters. The Balaban J connectivity index is 2.32. The molecule has 110 valence electrons. The van der Waals surface area contributed by atoms with Crippen LogP contribution >= 0.6 is 0 Å². The van der Waals surface area contributed by atoms with Gasteiger partial charge in [-0.3, -0.25) is 4.79 Å². The van der Waals surface area contributed by atoms with Crippen LogP contribution in [0.15, 0.2) is 48.5 Å². The van der Waals surface area contributed by atoms with Crippen molar-refractivity contribution in [2.45, 2.75) is 27.2 Å². The van der Waals surface area contributed by atoms with Crippen LogP contribution in [0.1, 0.15) is 42.3 Å². The highest BCUT2D eigenvalue weighted by molar-refractivity contribution is 6.10. The van der Waals surface area contributed by atoms with Gasteiger partial charge in [-0.2, -0.15) is 0 Å². The lowest BCUT2D eigenvalue weighted by Gasteiger charge is -2.10. The van der Waals surface area contributed by atoms with E-state index >= 15 is 0 Å². The van der Waals surface area contributed by atoms with Gasteiger partial charge in [0.25, 0.3) is 0 Å². The Morgan fingerprint density at radius 1 is 1.10 bits per heavy atom. The summed E-state index contributed by atoms with van der Waals surface area (Å²) in [5.74, 6) is 1.25. The van der Waals surface area contributed by atoms with Gasteiger partial charge in [0.15, 0.2) is 5.78 Å². The molecule has 0 saturated carbocycles. The molecule has 0 aromatic heterocycles. The molecule has 0 aliphatic carbocycles. The molecule has 0 aliphatic heterocycles. The van der Waals surface area contributed by atoms with Crippen molar-refractivity contribution in [3.8, 4) is 5.75 Å². The fourth-order valence-electron chi connectivity index (χ4n) is 2.40. The first-order valence-corrected chi connectivity index (χ1v) is 7.47. The second-order valence-electron chi connectivity index (χ2n) is 5.56. The Kier molecular flexibility index (Phi) is 5.15. The molecule has 0 aliphatic rings. The van der Waals surface area contributed by atoms with Crippen molar-refractivity contribution in [3.05, 3.63) is 65.2 Å². The average Bonchev–Trinajstić information content (AvgIpc) is 2.47. The van der Waals surface area contributed by atoms with E-state index < -0.39 is 0 Å². The van der Waals surface area contributed by atoms with E-state index in [0.29, 0.717) is 23.8 Å². The highest BCUT2D eigenvalue weighted by atomic mass is 16.5. The van der Waals surface area contributed by atoms with Gasteiger partial charge >= 0.3 is 0 Å². The molecule has 0 N–H and O–H groups in total. The number of ketones is 1. The maximum Gasteiger partial charge on any atom is 0.196 e. The number of carbonyl (C=O) groups excluding carboxylic acids is 1. The largest absolute Gasteiger partial charge is 0.493 e. The number of para-hydroxylation sites is 1. The van der Waals surface area contributed by atoms with Crippen LogP contribution in [0.3, 0.4) is 0 Å². The molecule has 2 aromatic carbocycles. The fraction of sp³-hybridized carbons (Fsp3) is 0.316. The predicted octanol–water partition coefficient (Wildman–Crippen LogP) is 4.51. The Labute approximate surface area is 126 Å². The molecule has 0 atom stereocenters. The lowest BCUT2D eigenvalue weighted by molar-refractivity contribution is 0.103. The summed E-state index contributed by atoms with van der Waals surface area (Å²) in [6, 6.07) is 15.3. The normalized spacial score (nSPS) is 10.7. The predicted molar refractivity (Wildman–Crippen MR) is 86.0 cm³/mol.